The van der Waals surface area contributed by atoms with Crippen LogP contribution in [-0.4, -0.2) is 9.13 Å². The van der Waals surface area contributed by atoms with Crippen LogP contribution in [0.4, 0.5) is 0 Å². The van der Waals surface area contributed by atoms with Crippen molar-refractivity contribution in [3.05, 3.63) is 143 Å². The van der Waals surface area contributed by atoms with Crippen molar-refractivity contribution in [3.8, 4) is 40.7 Å². The lowest BCUT2D eigenvalue weighted by Gasteiger charge is -2.16. The molecule has 218 valence electrons. The molecule has 1 aliphatic heterocycles. The fourth-order valence-corrected chi connectivity index (χ4v) is 8.24. The lowest BCUT2D eigenvalue weighted by atomic mass is 9.95. The average Bonchev–Trinajstić information content (AvgIpc) is 3.56. The maximum atomic E-state index is 9.65. The molecular formula is C41H23N5S. The molecule has 0 unspecified atom stereocenters. The van der Waals surface area contributed by atoms with Gasteiger partial charge in [-0.25, -0.2) is 0 Å². The molecular weight excluding hydrogens is 595 g/mol. The van der Waals surface area contributed by atoms with E-state index in [0.29, 0.717) is 16.7 Å². The molecule has 0 N–H and O–H groups in total. The van der Waals surface area contributed by atoms with Crippen molar-refractivity contribution in [2.75, 3.05) is 0 Å². The molecule has 0 radical (unpaired) electrons. The van der Waals surface area contributed by atoms with Gasteiger partial charge in [-0.15, -0.1) is 0 Å². The molecule has 8 aromatic rings. The molecule has 0 aliphatic carbocycles. The number of nitrogens with zero attached hydrogens (tertiary/aromatic N) is 5. The molecule has 5 nitrogen and oxygen atoms in total. The molecule has 47 heavy (non-hydrogen) atoms. The number of hydrogen-bond acceptors (Lipinski definition) is 4. The van der Waals surface area contributed by atoms with Gasteiger partial charge in [0.2, 0.25) is 0 Å². The number of thioether (sulfide) groups is 1. The first-order chi connectivity index (χ1) is 23.1. The maximum absolute atomic E-state index is 9.65. The summed E-state index contributed by atoms with van der Waals surface area (Å²) in [7, 11) is 0. The summed E-state index contributed by atoms with van der Waals surface area (Å²) in [6.07, 6.45) is 0. The quantitative estimate of drug-likeness (QED) is 0.193. The molecule has 0 atom stereocenters. The predicted molar refractivity (Wildman–Crippen MR) is 190 cm³/mol. The highest BCUT2D eigenvalue weighted by Crippen LogP contribution is 2.42. The van der Waals surface area contributed by atoms with Crippen molar-refractivity contribution in [3.63, 3.8) is 0 Å². The summed E-state index contributed by atoms with van der Waals surface area (Å²) in [4.78, 5) is 0. The second-order valence-electron chi connectivity index (χ2n) is 11.9. The highest BCUT2D eigenvalue weighted by atomic mass is 32.2. The minimum atomic E-state index is 0.591. The van der Waals surface area contributed by atoms with Crippen LogP contribution in [0.15, 0.2) is 115 Å². The van der Waals surface area contributed by atoms with Crippen molar-refractivity contribution >= 4 is 55.4 Å². The fourth-order valence-electron chi connectivity index (χ4n) is 7.19. The van der Waals surface area contributed by atoms with Gasteiger partial charge < -0.3 is 9.13 Å². The minimum absolute atomic E-state index is 0.591. The van der Waals surface area contributed by atoms with Crippen molar-refractivity contribution in [2.24, 2.45) is 0 Å². The lowest BCUT2D eigenvalue weighted by Crippen LogP contribution is -1.99. The van der Waals surface area contributed by atoms with Gasteiger partial charge in [0.1, 0.15) is 0 Å². The van der Waals surface area contributed by atoms with E-state index in [0.717, 1.165) is 66.5 Å². The lowest BCUT2D eigenvalue weighted by molar-refractivity contribution is 1.17. The molecule has 0 fully saturated rings. The molecule has 6 heteroatoms. The van der Waals surface area contributed by atoms with Crippen molar-refractivity contribution in [1.29, 1.82) is 15.8 Å². The SMILES string of the molecule is N#Cc1ccc2c(c1)c1ccccc1n2-c1ccc2c(c1)-c1cc(-n3c4ccc(C#N)cc4c4cc(C#N)ccc43)ccc1CSC2. The number of aromatic nitrogens is 2. The van der Waals surface area contributed by atoms with Gasteiger partial charge in [-0.2, -0.15) is 27.5 Å². The molecule has 3 heterocycles. The Balaban J connectivity index is 1.28. The largest absolute Gasteiger partial charge is 0.309 e. The van der Waals surface area contributed by atoms with Crippen LogP contribution in [0.5, 0.6) is 0 Å². The van der Waals surface area contributed by atoms with E-state index in [-0.39, 0.29) is 0 Å². The second-order valence-corrected chi connectivity index (χ2v) is 12.9. The monoisotopic (exact) mass is 617 g/mol. The zero-order valence-electron chi connectivity index (χ0n) is 25.0. The van der Waals surface area contributed by atoms with Gasteiger partial charge in [0.05, 0.1) is 57.0 Å². The van der Waals surface area contributed by atoms with Crippen LogP contribution in [-0.2, 0) is 11.5 Å². The summed E-state index contributed by atoms with van der Waals surface area (Å²) in [6, 6.07) is 46.2. The van der Waals surface area contributed by atoms with E-state index in [1.54, 1.807) is 0 Å². The smallest absolute Gasteiger partial charge is 0.0991 e. The van der Waals surface area contributed by atoms with Crippen LogP contribution < -0.4 is 0 Å². The zero-order chi connectivity index (χ0) is 31.6. The van der Waals surface area contributed by atoms with E-state index in [1.807, 2.05) is 66.4 Å². The van der Waals surface area contributed by atoms with Gasteiger partial charge in [0.15, 0.2) is 0 Å². The number of rotatable bonds is 2. The van der Waals surface area contributed by atoms with Gasteiger partial charge in [-0.1, -0.05) is 30.3 Å². The molecule has 6 aromatic carbocycles. The Bertz CT molecular complexity index is 2690. The summed E-state index contributed by atoms with van der Waals surface area (Å²) in [5.41, 5.74) is 13.1. The van der Waals surface area contributed by atoms with E-state index < -0.39 is 0 Å². The topological polar surface area (TPSA) is 81.2 Å². The molecule has 9 rings (SSSR count). The van der Waals surface area contributed by atoms with Gasteiger partial charge >= 0.3 is 0 Å². The van der Waals surface area contributed by atoms with E-state index in [1.165, 1.54) is 22.3 Å². The Kier molecular flexibility index (Phi) is 5.99. The maximum Gasteiger partial charge on any atom is 0.0991 e. The number of nitriles is 3. The number of para-hydroxylation sites is 1. The van der Waals surface area contributed by atoms with Crippen molar-refractivity contribution in [1.82, 2.24) is 9.13 Å². The van der Waals surface area contributed by atoms with E-state index >= 15 is 0 Å². The van der Waals surface area contributed by atoms with E-state index in [9.17, 15) is 15.8 Å². The van der Waals surface area contributed by atoms with Crippen LogP contribution >= 0.6 is 11.8 Å². The van der Waals surface area contributed by atoms with Crippen LogP contribution in [0.3, 0.4) is 0 Å². The third kappa shape index (κ3) is 4.08. The van der Waals surface area contributed by atoms with E-state index in [4.69, 9.17) is 0 Å². The summed E-state index contributed by atoms with van der Waals surface area (Å²) in [5.74, 6) is 1.83. The summed E-state index contributed by atoms with van der Waals surface area (Å²) in [6.45, 7) is 0. The Labute approximate surface area is 274 Å². The highest BCUT2D eigenvalue weighted by Gasteiger charge is 2.21. The molecule has 0 spiro atoms. The number of fused-ring (bicyclic) bond motifs is 9. The molecule has 0 bridgehead atoms. The average molecular weight is 618 g/mol. The first-order valence-electron chi connectivity index (χ1n) is 15.3. The first-order valence-corrected chi connectivity index (χ1v) is 16.5. The Morgan fingerprint density at radius 1 is 0.447 bits per heavy atom. The minimum Gasteiger partial charge on any atom is -0.309 e. The second kappa shape index (κ2) is 10.4. The van der Waals surface area contributed by atoms with Crippen LogP contribution in [0.2, 0.25) is 0 Å². The Hall–Kier alpha value is -6.26. The summed E-state index contributed by atoms with van der Waals surface area (Å²) in [5, 5.41) is 33.0. The number of hydrogen-bond donors (Lipinski definition) is 0. The van der Waals surface area contributed by atoms with Crippen molar-refractivity contribution < 1.29 is 0 Å². The van der Waals surface area contributed by atoms with Crippen molar-refractivity contribution in [2.45, 2.75) is 11.5 Å². The zero-order valence-corrected chi connectivity index (χ0v) is 25.8. The van der Waals surface area contributed by atoms with Crippen LogP contribution in [0, 0.1) is 34.0 Å². The third-order valence-corrected chi connectivity index (χ3v) is 10.4. The van der Waals surface area contributed by atoms with Gasteiger partial charge in [-0.05, 0) is 107 Å². The van der Waals surface area contributed by atoms with Gasteiger partial charge in [0, 0.05) is 44.4 Å². The standard InChI is InChI=1S/C41H23N5S/c42-20-25-5-12-39-35(15-25)32-3-1-2-4-38(32)45(39)30-10-8-28-23-47-24-29-9-11-31(19-34(29)33(28)18-30)46-40-13-6-26(21-43)16-36(40)37-17-27(22-44)7-14-41(37)46/h1-19H,23-24H2. The molecule has 1 aliphatic rings. The fraction of sp³-hybridized carbons (Fsp3) is 0.0488. The van der Waals surface area contributed by atoms with Crippen LogP contribution in [0.25, 0.3) is 66.1 Å². The Morgan fingerprint density at radius 2 is 0.872 bits per heavy atom. The number of benzene rings is 6. The normalized spacial score (nSPS) is 12.4. The molecule has 0 saturated carbocycles. The molecule has 2 aromatic heterocycles. The highest BCUT2D eigenvalue weighted by molar-refractivity contribution is 7.97. The van der Waals surface area contributed by atoms with Crippen LogP contribution in [0.1, 0.15) is 27.8 Å². The Morgan fingerprint density at radius 3 is 1.34 bits per heavy atom. The third-order valence-electron chi connectivity index (χ3n) is 9.33. The summed E-state index contributed by atoms with van der Waals surface area (Å²) < 4.78 is 4.55. The molecule has 0 amide bonds. The van der Waals surface area contributed by atoms with Gasteiger partial charge in [-0.3, -0.25) is 0 Å². The summed E-state index contributed by atoms with van der Waals surface area (Å²) >= 11 is 1.92. The predicted octanol–water partition coefficient (Wildman–Crippen LogP) is 9.91. The molecule has 0 saturated heterocycles. The van der Waals surface area contributed by atoms with E-state index in [2.05, 4.69) is 88.0 Å². The first kappa shape index (κ1) is 27.1. The van der Waals surface area contributed by atoms with Gasteiger partial charge in [0.25, 0.3) is 0 Å².